The van der Waals surface area contributed by atoms with Crippen molar-refractivity contribution in [3.05, 3.63) is 77.1 Å². The van der Waals surface area contributed by atoms with Crippen molar-refractivity contribution in [3.8, 4) is 0 Å². The van der Waals surface area contributed by atoms with Gasteiger partial charge >= 0.3 is 12.1 Å². The number of nitrogens with one attached hydrogen (secondary N) is 2. The Hall–Kier alpha value is -4.88. The Balaban J connectivity index is 1.32. The zero-order valence-corrected chi connectivity index (χ0v) is 38.3. The number of epoxide rings is 1. The molecule has 10 atom stereocenters. The predicted molar refractivity (Wildman–Crippen MR) is 235 cm³/mol. The summed E-state index contributed by atoms with van der Waals surface area (Å²) in [4.78, 5) is 80.9. The highest BCUT2D eigenvalue weighted by Gasteiger charge is 2.64. The molecule has 17 nitrogen and oxygen atoms in total. The van der Waals surface area contributed by atoms with E-state index in [1.165, 1.54) is 61.9 Å². The molecule has 344 valence electrons. The van der Waals surface area contributed by atoms with Crippen LogP contribution in [0.4, 0.5) is 10.5 Å². The second-order valence-corrected chi connectivity index (χ2v) is 18.1. The van der Waals surface area contributed by atoms with Gasteiger partial charge in [-0.3, -0.25) is 24.5 Å². The fraction of sp³-hybridized carbons (Fsp3) is 0.545. The molecule has 1 aliphatic carbocycles. The number of amides is 5. The van der Waals surface area contributed by atoms with Gasteiger partial charge in [-0.05, 0) is 63.1 Å². The van der Waals surface area contributed by atoms with E-state index in [0.29, 0.717) is 23.4 Å². The predicted octanol–water partition coefficient (Wildman–Crippen LogP) is 3.80. The summed E-state index contributed by atoms with van der Waals surface area (Å²) < 4.78 is 29.4. The van der Waals surface area contributed by atoms with Crippen LogP contribution in [0.2, 0.25) is 0 Å². The summed E-state index contributed by atoms with van der Waals surface area (Å²) in [6.07, 6.45) is 4.43. The Bertz CT molecular complexity index is 2050. The highest BCUT2D eigenvalue weighted by molar-refractivity contribution is 7.99. The molecule has 2 fully saturated rings. The number of aliphatic hydroxyl groups is 1. The lowest BCUT2D eigenvalue weighted by atomic mass is 9.83. The van der Waals surface area contributed by atoms with Crippen LogP contribution < -0.4 is 16.4 Å². The number of alkyl halides is 1. The van der Waals surface area contributed by atoms with Crippen LogP contribution in [0.5, 0.6) is 0 Å². The number of carbonyl (C=O) groups is 6. The van der Waals surface area contributed by atoms with E-state index in [9.17, 15) is 33.9 Å². The maximum atomic E-state index is 14.3. The lowest BCUT2D eigenvalue weighted by molar-refractivity contribution is -0.163. The number of nitrogens with two attached hydrogens (primary N) is 1. The number of carbonyl (C=O) groups excluding carboxylic acids is 6. The molecule has 0 spiro atoms. The fourth-order valence-corrected chi connectivity index (χ4v) is 9.03. The minimum absolute atomic E-state index is 0.0112. The molecule has 63 heavy (non-hydrogen) atoms. The molecule has 5 N–H and O–H groups in total. The molecule has 3 heterocycles. The summed E-state index contributed by atoms with van der Waals surface area (Å²) >= 11 is 8.13. The number of ether oxygens (including phenoxy) is 5. The summed E-state index contributed by atoms with van der Waals surface area (Å²) in [6, 6.07) is 4.40. The van der Waals surface area contributed by atoms with Gasteiger partial charge in [0.05, 0.1) is 31.4 Å². The minimum atomic E-state index is -1.86. The van der Waals surface area contributed by atoms with Crippen LogP contribution in [0.1, 0.15) is 63.7 Å². The number of thioether (sulfide) groups is 1. The van der Waals surface area contributed by atoms with Crippen LogP contribution >= 0.6 is 23.4 Å². The van der Waals surface area contributed by atoms with E-state index in [0.717, 1.165) is 11.1 Å². The van der Waals surface area contributed by atoms with E-state index in [4.69, 9.17) is 41.0 Å². The monoisotopic (exact) mass is 915 g/mol. The Morgan fingerprint density at radius 2 is 1.89 bits per heavy atom. The first-order chi connectivity index (χ1) is 29.7. The number of benzene rings is 1. The molecule has 0 saturated carbocycles. The number of fused-ring (bicyclic) bond motifs is 4. The second-order valence-electron chi connectivity index (χ2n) is 16.5. The summed E-state index contributed by atoms with van der Waals surface area (Å²) in [5.41, 5.74) is 4.70. The van der Waals surface area contributed by atoms with Gasteiger partial charge < -0.3 is 49.6 Å². The Labute approximate surface area is 376 Å². The Morgan fingerprint density at radius 1 is 1.19 bits per heavy atom. The van der Waals surface area contributed by atoms with Gasteiger partial charge in [0.1, 0.15) is 41.1 Å². The standard InChI is InChI=1S/C44H58ClN5O12S/c1-24-10-9-11-33(59-8)44(57)22-32(60-42(56)48-44)25(2)39-43(4,62-39)34(21-37(53)50(6)30-19-27(18-24)20-31(58-7)38(30)45)61-41(55)26(3)49(5)36(52)16-17-63-23-35(51)47-29-14-12-28(13-15-29)40(46)54/h9-15,19-20,25-26,30,32-34,38-39,57H,16-18,21-23H2,1-8H3,(H2,46,54)(H,47,51)(H,48,56)/b11-9+,24-10+/t25-,26+,30+,32?,33-,34+,38?,39+,43?,44+/m1/s1. The number of hydrogen-bond donors (Lipinski definition) is 4. The van der Waals surface area contributed by atoms with Gasteiger partial charge in [0.15, 0.2) is 5.72 Å². The van der Waals surface area contributed by atoms with E-state index in [-0.39, 0.29) is 42.6 Å². The van der Waals surface area contributed by atoms with Crippen molar-refractivity contribution in [2.45, 2.75) is 107 Å². The van der Waals surface area contributed by atoms with E-state index in [2.05, 4.69) is 10.6 Å². The quantitative estimate of drug-likeness (QED) is 0.101. The molecule has 3 aliphatic heterocycles. The molecule has 0 aromatic heterocycles. The lowest BCUT2D eigenvalue weighted by Gasteiger charge is -2.42. The topological polar surface area (TPSA) is 229 Å². The third kappa shape index (κ3) is 11.8. The molecule has 4 aliphatic rings. The molecule has 19 heteroatoms. The van der Waals surface area contributed by atoms with E-state index >= 15 is 0 Å². The van der Waals surface area contributed by atoms with Crippen molar-refractivity contribution >= 4 is 64.7 Å². The third-order valence-electron chi connectivity index (χ3n) is 12.0. The fourth-order valence-electron chi connectivity index (χ4n) is 7.91. The maximum absolute atomic E-state index is 14.3. The van der Waals surface area contributed by atoms with Gasteiger partial charge in [-0.2, -0.15) is 11.8 Å². The van der Waals surface area contributed by atoms with Gasteiger partial charge in [-0.15, -0.1) is 11.6 Å². The van der Waals surface area contributed by atoms with Crippen molar-refractivity contribution in [3.63, 3.8) is 0 Å². The number of anilines is 1. The normalized spacial score (nSPS) is 31.6. The van der Waals surface area contributed by atoms with Crippen LogP contribution in [-0.2, 0) is 42.9 Å². The molecule has 5 amide bonds. The Kier molecular flexibility index (Phi) is 16.2. The molecule has 1 aromatic rings. The maximum Gasteiger partial charge on any atom is 0.409 e. The van der Waals surface area contributed by atoms with Crippen LogP contribution in [0.3, 0.4) is 0 Å². The number of allylic oxidation sites excluding steroid dienone is 5. The first-order valence-corrected chi connectivity index (χ1v) is 22.2. The second kappa shape index (κ2) is 20.7. The third-order valence-corrected chi connectivity index (χ3v) is 13.4. The number of esters is 1. The first-order valence-electron chi connectivity index (χ1n) is 20.6. The highest BCUT2D eigenvalue weighted by Crippen LogP contribution is 2.49. The van der Waals surface area contributed by atoms with Crippen LogP contribution in [0.25, 0.3) is 0 Å². The highest BCUT2D eigenvalue weighted by atomic mass is 35.5. The lowest BCUT2D eigenvalue weighted by Crippen LogP contribution is -2.63. The zero-order valence-electron chi connectivity index (χ0n) is 36.8. The summed E-state index contributed by atoms with van der Waals surface area (Å²) in [6.45, 7) is 6.91. The van der Waals surface area contributed by atoms with Crippen LogP contribution in [0.15, 0.2) is 71.6 Å². The molecule has 5 rings (SSSR count). The average Bonchev–Trinajstić information content (AvgIpc) is 3.94. The largest absolute Gasteiger partial charge is 0.499 e. The van der Waals surface area contributed by atoms with Crippen molar-refractivity contribution in [1.82, 2.24) is 15.1 Å². The van der Waals surface area contributed by atoms with Gasteiger partial charge in [-0.1, -0.05) is 36.8 Å². The van der Waals surface area contributed by atoms with Crippen LogP contribution in [-0.4, -0.2) is 144 Å². The number of rotatable bonds is 12. The van der Waals surface area contributed by atoms with E-state index in [1.807, 2.05) is 25.2 Å². The minimum Gasteiger partial charge on any atom is -0.499 e. The Morgan fingerprint density at radius 3 is 2.54 bits per heavy atom. The average molecular weight is 916 g/mol. The smallest absolute Gasteiger partial charge is 0.409 e. The van der Waals surface area contributed by atoms with Crippen molar-refractivity contribution in [1.29, 1.82) is 0 Å². The summed E-state index contributed by atoms with van der Waals surface area (Å²) in [5, 5.41) is 16.3. The molecule has 2 saturated heterocycles. The molecular formula is C44H58ClN5O12S. The van der Waals surface area contributed by atoms with Gasteiger partial charge in [0.25, 0.3) is 0 Å². The van der Waals surface area contributed by atoms with Crippen molar-refractivity contribution in [2.24, 2.45) is 11.7 Å². The molecule has 0 radical (unpaired) electrons. The van der Waals surface area contributed by atoms with Crippen LogP contribution in [0, 0.1) is 5.92 Å². The van der Waals surface area contributed by atoms with E-state index < -0.39 is 83.0 Å². The number of methoxy groups -OCH3 is 2. The number of hydrogen-bond acceptors (Lipinski definition) is 13. The van der Waals surface area contributed by atoms with E-state index in [1.54, 1.807) is 45.2 Å². The van der Waals surface area contributed by atoms with Crippen molar-refractivity contribution < 1.29 is 57.6 Å². The zero-order chi connectivity index (χ0) is 46.4. The number of alkyl carbamates (subject to hydrolysis) is 1. The molecule has 1 aromatic carbocycles. The summed E-state index contributed by atoms with van der Waals surface area (Å²) in [7, 11) is 6.00. The summed E-state index contributed by atoms with van der Waals surface area (Å²) in [5.74, 6) is -2.25. The molecule has 3 unspecified atom stereocenters. The van der Waals surface area contributed by atoms with Gasteiger partial charge in [0, 0.05) is 57.0 Å². The molecular weight excluding hydrogens is 858 g/mol. The number of primary amides is 1. The SMILES string of the molecule is COC1=CC2=C[C@@H](C1Cl)N(C)C(=O)C[C@H](OC(=O)[C@H](C)N(C)C(=O)CCSCC(=O)Nc1ccc(C(N)=O)cc1)C1(C)O[C@H]1[C@H](C)C1C[C@@](O)(NC(=O)O1)[C@H](OC)/C=C/C=C(\C)C2. The number of halogens is 1. The van der Waals surface area contributed by atoms with Gasteiger partial charge in [0.2, 0.25) is 23.6 Å². The van der Waals surface area contributed by atoms with Crippen molar-refractivity contribution in [2.75, 3.05) is 45.1 Å². The molecule has 4 bridgehead atoms. The first kappa shape index (κ1) is 49.1. The number of nitrogens with zero attached hydrogens (tertiary/aromatic N) is 2. The number of likely N-dealkylation sites (N-methyl/N-ethyl adjacent to an activating group) is 2. The van der Waals surface area contributed by atoms with Gasteiger partial charge in [-0.25, -0.2) is 9.59 Å².